The van der Waals surface area contributed by atoms with Gasteiger partial charge in [-0.2, -0.15) is 0 Å². The molecule has 12 aromatic rings. The van der Waals surface area contributed by atoms with Crippen LogP contribution in [0.4, 0.5) is 0 Å². The maximum absolute atomic E-state index is 6.88. The first-order valence-corrected chi connectivity index (χ1v) is 19.0. The highest BCUT2D eigenvalue weighted by atomic mass is 16.3. The van der Waals surface area contributed by atoms with Gasteiger partial charge in [-0.1, -0.05) is 146 Å². The largest absolute Gasteiger partial charge is 0.456 e. The fourth-order valence-electron chi connectivity index (χ4n) is 8.62. The lowest BCUT2D eigenvalue weighted by Gasteiger charge is -2.10. The van der Waals surface area contributed by atoms with Gasteiger partial charge >= 0.3 is 0 Å². The Labute approximate surface area is 325 Å². The van der Waals surface area contributed by atoms with E-state index in [-0.39, 0.29) is 0 Å². The van der Waals surface area contributed by atoms with E-state index in [1.807, 2.05) is 78.9 Å². The van der Waals surface area contributed by atoms with Crippen molar-refractivity contribution in [3.63, 3.8) is 0 Å². The molecule has 0 radical (unpaired) electrons. The number of fused-ring (bicyclic) bond motifs is 9. The normalized spacial score (nSPS) is 11.9. The van der Waals surface area contributed by atoms with E-state index in [4.69, 9.17) is 23.8 Å². The zero-order valence-electron chi connectivity index (χ0n) is 30.4. The minimum atomic E-state index is 0.577. The smallest absolute Gasteiger partial charge is 0.164 e. The van der Waals surface area contributed by atoms with Crippen LogP contribution in [0, 0.1) is 0 Å². The van der Waals surface area contributed by atoms with Crippen LogP contribution in [-0.4, -0.2) is 19.5 Å². The van der Waals surface area contributed by atoms with Crippen LogP contribution in [-0.2, 0) is 0 Å². The molecule has 12 rings (SSSR count). The summed E-state index contributed by atoms with van der Waals surface area (Å²) in [7, 11) is 0. The zero-order chi connectivity index (χ0) is 37.5. The minimum Gasteiger partial charge on any atom is -0.456 e. The Hall–Kier alpha value is -7.83. The Bertz CT molecular complexity index is 3410. The molecule has 0 aliphatic heterocycles. The van der Waals surface area contributed by atoms with Gasteiger partial charge in [-0.3, -0.25) is 0 Å². The molecule has 4 heterocycles. The van der Waals surface area contributed by atoms with E-state index >= 15 is 0 Å². The molecule has 0 fully saturated rings. The van der Waals surface area contributed by atoms with Crippen molar-refractivity contribution < 1.29 is 8.83 Å². The third-order valence-corrected chi connectivity index (χ3v) is 11.1. The lowest BCUT2D eigenvalue weighted by atomic mass is 9.94. The number of benzene rings is 8. The third kappa shape index (κ3) is 4.81. The van der Waals surface area contributed by atoms with Crippen LogP contribution in [0.2, 0.25) is 0 Å². The molecule has 0 atom stereocenters. The Kier molecular flexibility index (Phi) is 6.83. The summed E-state index contributed by atoms with van der Waals surface area (Å²) in [5, 5.41) is 6.45. The molecule has 0 spiro atoms. The molecule has 6 nitrogen and oxygen atoms in total. The highest BCUT2D eigenvalue weighted by Gasteiger charge is 2.23. The third-order valence-electron chi connectivity index (χ3n) is 11.1. The first kappa shape index (κ1) is 31.5. The van der Waals surface area contributed by atoms with E-state index in [0.29, 0.717) is 17.5 Å². The van der Waals surface area contributed by atoms with E-state index in [1.165, 1.54) is 10.8 Å². The van der Waals surface area contributed by atoms with Gasteiger partial charge in [-0.25, -0.2) is 15.0 Å². The highest BCUT2D eigenvalue weighted by molar-refractivity contribution is 6.22. The van der Waals surface area contributed by atoms with Gasteiger partial charge < -0.3 is 13.4 Å². The van der Waals surface area contributed by atoms with Crippen molar-refractivity contribution >= 4 is 65.7 Å². The molecule has 8 aromatic carbocycles. The van der Waals surface area contributed by atoms with Gasteiger partial charge in [0.2, 0.25) is 0 Å². The van der Waals surface area contributed by atoms with Crippen molar-refractivity contribution in [2.45, 2.75) is 0 Å². The molecule has 0 saturated carbocycles. The first-order valence-electron chi connectivity index (χ1n) is 19.0. The summed E-state index contributed by atoms with van der Waals surface area (Å²) in [6.07, 6.45) is 0. The van der Waals surface area contributed by atoms with Gasteiger partial charge in [0.25, 0.3) is 0 Å². The number of nitrogens with zero attached hydrogens (tertiary/aromatic N) is 4. The second-order valence-corrected chi connectivity index (χ2v) is 14.3. The molecule has 0 amide bonds. The summed E-state index contributed by atoms with van der Waals surface area (Å²) >= 11 is 0. The van der Waals surface area contributed by atoms with Gasteiger partial charge in [0.15, 0.2) is 23.1 Å². The maximum Gasteiger partial charge on any atom is 0.164 e. The van der Waals surface area contributed by atoms with E-state index < -0.39 is 0 Å². The summed E-state index contributed by atoms with van der Waals surface area (Å²) in [6, 6.07) is 62.4. The lowest BCUT2D eigenvalue weighted by Crippen LogP contribution is -2.00. The lowest BCUT2D eigenvalue weighted by molar-refractivity contribution is 0.666. The fourth-order valence-corrected chi connectivity index (χ4v) is 8.62. The van der Waals surface area contributed by atoms with Crippen LogP contribution < -0.4 is 0 Å². The molecule has 0 saturated heterocycles. The average molecular weight is 731 g/mol. The molecular formula is C51H30N4O2. The maximum atomic E-state index is 6.88. The Morgan fingerprint density at radius 3 is 1.40 bits per heavy atom. The number of aromatic nitrogens is 4. The molecule has 0 aliphatic rings. The van der Waals surface area contributed by atoms with Crippen molar-refractivity contribution in [3.05, 3.63) is 182 Å². The van der Waals surface area contributed by atoms with Crippen molar-refractivity contribution in [2.24, 2.45) is 0 Å². The standard InChI is InChI=1S/C51H30N4O2/c1-3-15-31(16-4-1)49-52-50(32-17-5-2-6-18-32)54-51(53-49)38-24-14-30-44-47(38)46-36(22-13-29-43(46)56-44)35-21-12-28-42-45(35)37-23-11-27-41(48(37)57-42)55-39-25-9-7-19-33(39)34-20-8-10-26-40(34)55/h1-30H. The fraction of sp³-hybridized carbons (Fsp3) is 0. The van der Waals surface area contributed by atoms with Crippen LogP contribution in [0.3, 0.4) is 0 Å². The number of rotatable bonds is 5. The van der Waals surface area contributed by atoms with E-state index in [9.17, 15) is 0 Å². The van der Waals surface area contributed by atoms with E-state index in [2.05, 4.69) is 108 Å². The molecule has 0 unspecified atom stereocenters. The van der Waals surface area contributed by atoms with Gasteiger partial charge in [-0.05, 0) is 47.5 Å². The van der Waals surface area contributed by atoms with Gasteiger partial charge in [0.05, 0.1) is 16.7 Å². The molecule has 57 heavy (non-hydrogen) atoms. The number of hydrogen-bond acceptors (Lipinski definition) is 5. The zero-order valence-corrected chi connectivity index (χ0v) is 30.4. The van der Waals surface area contributed by atoms with Crippen LogP contribution in [0.1, 0.15) is 0 Å². The van der Waals surface area contributed by atoms with Crippen LogP contribution in [0.5, 0.6) is 0 Å². The predicted octanol–water partition coefficient (Wildman–Crippen LogP) is 13.4. The second-order valence-electron chi connectivity index (χ2n) is 14.3. The Morgan fingerprint density at radius 1 is 0.333 bits per heavy atom. The van der Waals surface area contributed by atoms with Gasteiger partial charge in [0.1, 0.15) is 16.7 Å². The molecular weight excluding hydrogens is 701 g/mol. The van der Waals surface area contributed by atoms with Crippen LogP contribution >= 0.6 is 0 Å². The SMILES string of the molecule is c1ccc(-c2nc(-c3ccccc3)nc(-c3cccc4oc5cccc(-c6cccc7oc8c(-n9c%10ccccc%10c%10ccccc%109)cccc8c67)c5c34)n2)cc1. The molecule has 4 aromatic heterocycles. The van der Waals surface area contributed by atoms with Crippen LogP contribution in [0.25, 0.3) is 117 Å². The van der Waals surface area contributed by atoms with Gasteiger partial charge in [0, 0.05) is 49.0 Å². The second kappa shape index (κ2) is 12.3. The summed E-state index contributed by atoms with van der Waals surface area (Å²) in [6.45, 7) is 0. The number of para-hydroxylation sites is 3. The van der Waals surface area contributed by atoms with E-state index in [1.54, 1.807) is 0 Å². The van der Waals surface area contributed by atoms with E-state index in [0.717, 1.165) is 88.4 Å². The molecule has 0 aliphatic carbocycles. The first-order chi connectivity index (χ1) is 28.3. The molecule has 266 valence electrons. The highest BCUT2D eigenvalue weighted by Crippen LogP contribution is 2.46. The molecule has 6 heteroatoms. The minimum absolute atomic E-state index is 0.577. The van der Waals surface area contributed by atoms with Crippen LogP contribution in [0.15, 0.2) is 191 Å². The summed E-state index contributed by atoms with van der Waals surface area (Å²) in [4.78, 5) is 15.2. The topological polar surface area (TPSA) is 69.9 Å². The quantitative estimate of drug-likeness (QED) is 0.176. The van der Waals surface area contributed by atoms with Crippen molar-refractivity contribution in [1.82, 2.24) is 19.5 Å². The Morgan fingerprint density at radius 2 is 0.789 bits per heavy atom. The van der Waals surface area contributed by atoms with Crippen molar-refractivity contribution in [2.75, 3.05) is 0 Å². The van der Waals surface area contributed by atoms with Gasteiger partial charge in [-0.15, -0.1) is 0 Å². The number of hydrogen-bond donors (Lipinski definition) is 0. The van der Waals surface area contributed by atoms with Crippen molar-refractivity contribution in [1.29, 1.82) is 0 Å². The van der Waals surface area contributed by atoms with Crippen molar-refractivity contribution in [3.8, 4) is 51.0 Å². The predicted molar refractivity (Wildman–Crippen MR) is 230 cm³/mol. The monoisotopic (exact) mass is 730 g/mol. The number of furan rings is 2. The molecule has 0 bridgehead atoms. The Balaban J connectivity index is 1.12. The summed E-state index contributed by atoms with van der Waals surface area (Å²) in [5.74, 6) is 1.80. The average Bonchev–Trinajstić information content (AvgIpc) is 3.97. The molecule has 0 N–H and O–H groups in total. The summed E-state index contributed by atoms with van der Waals surface area (Å²) < 4.78 is 15.8. The summed E-state index contributed by atoms with van der Waals surface area (Å²) in [5.41, 5.74) is 11.3.